The molecule has 0 N–H and O–H groups in total. The topological polar surface area (TPSA) is 80.8 Å². The van der Waals surface area contributed by atoms with Crippen LogP contribution in [0.2, 0.25) is 0 Å². The van der Waals surface area contributed by atoms with Gasteiger partial charge in [0.05, 0.1) is 5.41 Å². The van der Waals surface area contributed by atoms with Crippen LogP contribution in [0.4, 0.5) is 5.69 Å². The zero-order chi connectivity index (χ0) is 38.1. The number of ether oxygens (including phenoxy) is 1. The van der Waals surface area contributed by atoms with Crippen molar-refractivity contribution in [3.63, 3.8) is 0 Å². The molecule has 0 saturated carbocycles. The van der Waals surface area contributed by atoms with Gasteiger partial charge in [0.1, 0.15) is 17.4 Å². The van der Waals surface area contributed by atoms with Crippen LogP contribution in [-0.2, 0) is 5.41 Å². The molecule has 0 aliphatic heterocycles. The zero-order valence-corrected chi connectivity index (χ0v) is 31.1. The molecule has 54 heavy (non-hydrogen) atoms. The maximum absolute atomic E-state index is 14.1. The summed E-state index contributed by atoms with van der Waals surface area (Å²) in [7, 11) is 4.11. The van der Waals surface area contributed by atoms with Gasteiger partial charge in [-0.15, -0.1) is 0 Å². The summed E-state index contributed by atoms with van der Waals surface area (Å²) in [6.07, 6.45) is 0. The number of fused-ring (bicyclic) bond motifs is 4. The maximum Gasteiger partial charge on any atom is 0.178 e. The highest BCUT2D eigenvalue weighted by atomic mass is 16.5. The van der Waals surface area contributed by atoms with Gasteiger partial charge in [0.25, 0.3) is 0 Å². The lowest BCUT2D eigenvalue weighted by Gasteiger charge is -2.35. The van der Waals surface area contributed by atoms with Gasteiger partial charge in [-0.25, -0.2) is 0 Å². The second-order valence-corrected chi connectivity index (χ2v) is 14.6. The van der Waals surface area contributed by atoms with Gasteiger partial charge >= 0.3 is 0 Å². The van der Waals surface area contributed by atoms with E-state index in [9.17, 15) is 19.2 Å². The molecule has 6 aromatic carbocycles. The molecule has 0 bridgehead atoms. The van der Waals surface area contributed by atoms with E-state index in [0.717, 1.165) is 22.4 Å². The number of hydrogen-bond acceptors (Lipinski definition) is 6. The summed E-state index contributed by atoms with van der Waals surface area (Å²) >= 11 is 0. The highest BCUT2D eigenvalue weighted by molar-refractivity contribution is 6.30. The minimum Gasteiger partial charge on any atom is -0.457 e. The Morgan fingerprint density at radius 1 is 0.574 bits per heavy atom. The predicted octanol–water partition coefficient (Wildman–Crippen LogP) is 10.1. The van der Waals surface area contributed by atoms with Crippen LogP contribution in [0.3, 0.4) is 0 Å². The van der Waals surface area contributed by atoms with Crippen LogP contribution >= 0.6 is 0 Å². The predicted molar refractivity (Wildman–Crippen MR) is 212 cm³/mol. The van der Waals surface area contributed by atoms with Crippen molar-refractivity contribution in [2.45, 2.75) is 39.0 Å². The molecule has 2 aliphatic rings. The molecule has 0 radical (unpaired) electrons. The molecule has 0 saturated heterocycles. The molecular formula is C48H39NO5. The van der Waals surface area contributed by atoms with Gasteiger partial charge in [0, 0.05) is 42.0 Å². The Morgan fingerprint density at radius 2 is 1.13 bits per heavy atom. The van der Waals surface area contributed by atoms with Gasteiger partial charge in [-0.05, 0) is 120 Å². The summed E-state index contributed by atoms with van der Waals surface area (Å²) in [5, 5.41) is 0. The van der Waals surface area contributed by atoms with E-state index in [1.807, 2.05) is 13.0 Å². The molecule has 6 nitrogen and oxygen atoms in total. The average Bonchev–Trinajstić information content (AvgIpc) is 3.59. The fraction of sp³-hybridized carbons (Fsp3) is 0.167. The summed E-state index contributed by atoms with van der Waals surface area (Å²) in [6.45, 7) is 6.93. The number of hydrogen-bond donors (Lipinski definition) is 0. The summed E-state index contributed by atoms with van der Waals surface area (Å²) in [5.74, 6) is -1.29. The Hall–Kier alpha value is -6.40. The van der Waals surface area contributed by atoms with Gasteiger partial charge in [-0.2, -0.15) is 0 Å². The maximum atomic E-state index is 14.1. The quantitative estimate of drug-likeness (QED) is 0.115. The van der Waals surface area contributed by atoms with Crippen LogP contribution in [0.5, 0.6) is 11.5 Å². The van der Waals surface area contributed by atoms with Crippen molar-refractivity contribution < 1.29 is 23.9 Å². The van der Waals surface area contributed by atoms with E-state index >= 15 is 0 Å². The summed E-state index contributed by atoms with van der Waals surface area (Å²) < 4.78 is 6.06. The van der Waals surface area contributed by atoms with E-state index in [2.05, 4.69) is 105 Å². The number of Topliss-reactive ketones (excluding diaryl/α,β-unsaturated/α-hetero) is 4. The van der Waals surface area contributed by atoms with E-state index in [0.29, 0.717) is 33.8 Å². The molecule has 0 aromatic heterocycles. The number of ketones is 4. The number of nitrogens with zero attached hydrogens (tertiary/aromatic N) is 1. The average molecular weight is 710 g/mol. The first-order valence-corrected chi connectivity index (χ1v) is 18.1. The monoisotopic (exact) mass is 709 g/mol. The minimum absolute atomic E-state index is 0.218. The highest BCUT2D eigenvalue weighted by Gasteiger charge is 2.47. The Labute approximate surface area is 315 Å². The normalized spacial score (nSPS) is 15.0. The zero-order valence-electron chi connectivity index (χ0n) is 31.1. The SMILES string of the molecule is CC(=O)c1ccc(Oc2ccc3c(c2)C(=O)C(c2ccc(C4(c5ccc(N(C)C)c(C)c5)c5ccccc5-c5ccccc54)cc2C)C3=O)cc1C(C)=O. The van der Waals surface area contributed by atoms with Crippen molar-refractivity contribution in [2.24, 2.45) is 0 Å². The van der Waals surface area contributed by atoms with Crippen LogP contribution < -0.4 is 9.64 Å². The third-order valence-electron chi connectivity index (χ3n) is 11.1. The number of anilines is 1. The van der Waals surface area contributed by atoms with Gasteiger partial charge < -0.3 is 9.64 Å². The van der Waals surface area contributed by atoms with Crippen LogP contribution in [0.25, 0.3) is 11.1 Å². The molecule has 6 aromatic rings. The molecule has 6 heteroatoms. The minimum atomic E-state index is -0.982. The number of aryl methyl sites for hydroxylation is 2. The second-order valence-electron chi connectivity index (χ2n) is 14.6. The largest absolute Gasteiger partial charge is 0.457 e. The number of benzene rings is 6. The molecular weight excluding hydrogens is 671 g/mol. The smallest absolute Gasteiger partial charge is 0.178 e. The van der Waals surface area contributed by atoms with Crippen molar-refractivity contribution in [1.82, 2.24) is 0 Å². The molecule has 266 valence electrons. The van der Waals surface area contributed by atoms with E-state index in [4.69, 9.17) is 4.74 Å². The number of carbonyl (C=O) groups excluding carboxylic acids is 4. The van der Waals surface area contributed by atoms with Crippen molar-refractivity contribution in [2.75, 3.05) is 19.0 Å². The second kappa shape index (κ2) is 12.9. The van der Waals surface area contributed by atoms with Crippen LogP contribution in [0, 0.1) is 13.8 Å². The van der Waals surface area contributed by atoms with Crippen molar-refractivity contribution in [1.29, 1.82) is 0 Å². The van der Waals surface area contributed by atoms with Gasteiger partial charge in [0.15, 0.2) is 23.1 Å². The third kappa shape index (κ3) is 5.24. The van der Waals surface area contributed by atoms with Gasteiger partial charge in [-0.3, -0.25) is 19.2 Å². The lowest BCUT2D eigenvalue weighted by atomic mass is 9.67. The lowest BCUT2D eigenvalue weighted by Crippen LogP contribution is -2.29. The molecule has 1 unspecified atom stereocenters. The van der Waals surface area contributed by atoms with Crippen LogP contribution in [0.1, 0.15) is 100 Å². The molecule has 0 amide bonds. The van der Waals surface area contributed by atoms with E-state index in [-0.39, 0.29) is 28.7 Å². The van der Waals surface area contributed by atoms with Crippen LogP contribution in [0.15, 0.2) is 121 Å². The molecule has 0 fully saturated rings. The Morgan fingerprint density at radius 3 is 1.72 bits per heavy atom. The Bertz CT molecular complexity index is 2550. The van der Waals surface area contributed by atoms with Crippen molar-refractivity contribution in [3.05, 3.63) is 183 Å². The molecule has 8 rings (SSSR count). The number of carbonyl (C=O) groups is 4. The molecule has 0 heterocycles. The molecule has 0 spiro atoms. The first-order valence-electron chi connectivity index (χ1n) is 18.1. The summed E-state index contributed by atoms with van der Waals surface area (Å²) in [6, 6.07) is 39.6. The lowest BCUT2D eigenvalue weighted by molar-refractivity contribution is 0.0888. The fourth-order valence-electron chi connectivity index (χ4n) is 8.69. The third-order valence-corrected chi connectivity index (χ3v) is 11.1. The first kappa shape index (κ1) is 34.7. The Balaban J connectivity index is 1.19. The number of rotatable bonds is 8. The van der Waals surface area contributed by atoms with E-state index < -0.39 is 11.3 Å². The molecule has 1 atom stereocenters. The Kier molecular flexibility index (Phi) is 8.30. The molecule has 2 aliphatic carbocycles. The van der Waals surface area contributed by atoms with Crippen molar-refractivity contribution >= 4 is 28.8 Å². The van der Waals surface area contributed by atoms with Gasteiger partial charge in [0.2, 0.25) is 0 Å². The van der Waals surface area contributed by atoms with E-state index in [1.165, 1.54) is 47.7 Å². The highest BCUT2D eigenvalue weighted by Crippen LogP contribution is 2.56. The summed E-state index contributed by atoms with van der Waals surface area (Å²) in [5.41, 5.74) is 11.4. The fourth-order valence-corrected chi connectivity index (χ4v) is 8.69. The first-order chi connectivity index (χ1) is 25.9. The van der Waals surface area contributed by atoms with Crippen LogP contribution in [-0.4, -0.2) is 37.2 Å². The van der Waals surface area contributed by atoms with Crippen molar-refractivity contribution in [3.8, 4) is 22.6 Å². The summed E-state index contributed by atoms with van der Waals surface area (Å²) in [4.78, 5) is 54.6. The standard InChI is InChI=1S/C48H39NO5/c1-27-23-31(48(32-16-22-44(49(5)6)28(2)24-32)42-13-9-7-11-37(42)38-12-8-10-14-43(38)48)15-19-35(27)45-46(52)39-21-18-34(26-41(39)47(45)53)54-33-17-20-36(29(3)50)40(25-33)30(4)51/h7-26,45H,1-6H3. The van der Waals surface area contributed by atoms with Gasteiger partial charge in [-0.1, -0.05) is 78.9 Å². The van der Waals surface area contributed by atoms with E-state index in [1.54, 1.807) is 30.3 Å².